The summed E-state index contributed by atoms with van der Waals surface area (Å²) in [5.41, 5.74) is 0. The highest BCUT2D eigenvalue weighted by Crippen LogP contribution is 2.25. The molecule has 1 aliphatic rings. The molecule has 0 amide bonds. The van der Waals surface area contributed by atoms with E-state index in [1.54, 1.807) is 13.8 Å². The van der Waals surface area contributed by atoms with E-state index in [1.165, 1.54) is 0 Å². The molecule has 0 radical (unpaired) electrons. The Morgan fingerprint density at radius 3 is 2.00 bits per heavy atom. The highest BCUT2D eigenvalue weighted by atomic mass is 32.2. The van der Waals surface area contributed by atoms with Gasteiger partial charge < -0.3 is 5.32 Å². The molecule has 0 aromatic heterocycles. The zero-order valence-electron chi connectivity index (χ0n) is 11.0. The van der Waals surface area contributed by atoms with E-state index >= 15 is 0 Å². The molecule has 8 heteroatoms. The van der Waals surface area contributed by atoms with Crippen molar-refractivity contribution in [1.82, 2.24) is 9.62 Å². The van der Waals surface area contributed by atoms with Crippen LogP contribution in [0.4, 0.5) is 13.2 Å². The molecule has 1 saturated heterocycles. The molecule has 1 aromatic carbocycles. The van der Waals surface area contributed by atoms with E-state index in [0.29, 0.717) is 12.1 Å². The van der Waals surface area contributed by atoms with Gasteiger partial charge in [-0.05, 0) is 13.8 Å². The number of piperazine rings is 1. The lowest BCUT2D eigenvalue weighted by molar-refractivity contribution is 0.261. The molecule has 1 aromatic rings. The number of nitrogens with one attached hydrogen (secondary N) is 1. The standard InChI is InChI=1S/C12H15F3N2O2S/c1-7-5-17(6-8(2)16-7)20(18,19)12-10(14)3-9(13)4-11(12)15/h3-4,7-8,16H,5-6H2,1-2H3/t7-,8+. The second-order valence-electron chi connectivity index (χ2n) is 4.99. The summed E-state index contributed by atoms with van der Waals surface area (Å²) in [6, 6.07) is 0.455. The van der Waals surface area contributed by atoms with E-state index < -0.39 is 32.4 Å². The lowest BCUT2D eigenvalue weighted by Crippen LogP contribution is -2.55. The average molecular weight is 308 g/mol. The number of hydrogen-bond donors (Lipinski definition) is 1. The summed E-state index contributed by atoms with van der Waals surface area (Å²) >= 11 is 0. The van der Waals surface area contributed by atoms with Gasteiger partial charge in [-0.15, -0.1) is 0 Å². The monoisotopic (exact) mass is 308 g/mol. The zero-order chi connectivity index (χ0) is 15.1. The van der Waals surface area contributed by atoms with Crippen molar-refractivity contribution >= 4 is 10.0 Å². The fourth-order valence-corrected chi connectivity index (χ4v) is 4.09. The van der Waals surface area contributed by atoms with Crippen LogP contribution < -0.4 is 5.32 Å². The molecular formula is C12H15F3N2O2S. The van der Waals surface area contributed by atoms with E-state index in [-0.39, 0.29) is 25.2 Å². The molecular weight excluding hydrogens is 293 g/mol. The van der Waals surface area contributed by atoms with Gasteiger partial charge in [0.25, 0.3) is 0 Å². The lowest BCUT2D eigenvalue weighted by atomic mass is 10.2. The molecule has 1 fully saturated rings. The third-order valence-corrected chi connectivity index (χ3v) is 4.97. The van der Waals surface area contributed by atoms with Crippen LogP contribution in [0.15, 0.2) is 17.0 Å². The van der Waals surface area contributed by atoms with Crippen molar-refractivity contribution in [3.8, 4) is 0 Å². The van der Waals surface area contributed by atoms with E-state index in [9.17, 15) is 21.6 Å². The Balaban J connectivity index is 2.45. The van der Waals surface area contributed by atoms with Crippen LogP contribution in [-0.2, 0) is 10.0 Å². The van der Waals surface area contributed by atoms with Gasteiger partial charge in [-0.3, -0.25) is 0 Å². The van der Waals surface area contributed by atoms with Crippen LogP contribution in [0, 0.1) is 17.5 Å². The minimum Gasteiger partial charge on any atom is -0.309 e. The highest BCUT2D eigenvalue weighted by Gasteiger charge is 2.35. The molecule has 1 N–H and O–H groups in total. The van der Waals surface area contributed by atoms with E-state index in [1.807, 2.05) is 0 Å². The summed E-state index contributed by atoms with van der Waals surface area (Å²) in [7, 11) is -4.33. The second-order valence-corrected chi connectivity index (χ2v) is 6.86. The van der Waals surface area contributed by atoms with Crippen LogP contribution in [-0.4, -0.2) is 37.9 Å². The van der Waals surface area contributed by atoms with Crippen molar-refractivity contribution in [2.75, 3.05) is 13.1 Å². The van der Waals surface area contributed by atoms with Gasteiger partial charge in [0.2, 0.25) is 10.0 Å². The summed E-state index contributed by atoms with van der Waals surface area (Å²) in [6.07, 6.45) is 0. The Labute approximate surface area is 115 Å². The predicted octanol–water partition coefficient (Wildman–Crippen LogP) is 1.47. The van der Waals surface area contributed by atoms with Crippen LogP contribution >= 0.6 is 0 Å². The Morgan fingerprint density at radius 2 is 1.55 bits per heavy atom. The normalized spacial score (nSPS) is 24.9. The summed E-state index contributed by atoms with van der Waals surface area (Å²) < 4.78 is 65.8. The third kappa shape index (κ3) is 2.82. The SMILES string of the molecule is C[C@@H]1CN(S(=O)(=O)c2c(F)cc(F)cc2F)C[C@H](C)N1. The van der Waals surface area contributed by atoms with Crippen LogP contribution in [0.2, 0.25) is 0 Å². The van der Waals surface area contributed by atoms with Gasteiger partial charge in [0.05, 0.1) is 0 Å². The van der Waals surface area contributed by atoms with Gasteiger partial charge in [-0.2, -0.15) is 4.31 Å². The minimum atomic E-state index is -4.33. The molecule has 4 nitrogen and oxygen atoms in total. The van der Waals surface area contributed by atoms with Crippen molar-refractivity contribution in [2.45, 2.75) is 30.8 Å². The first-order chi connectivity index (χ1) is 9.21. The number of nitrogens with zero attached hydrogens (tertiary/aromatic N) is 1. The molecule has 0 spiro atoms. The van der Waals surface area contributed by atoms with Crippen molar-refractivity contribution in [1.29, 1.82) is 0 Å². The molecule has 0 saturated carbocycles. The second kappa shape index (κ2) is 5.34. The zero-order valence-corrected chi connectivity index (χ0v) is 11.8. The number of sulfonamides is 1. The van der Waals surface area contributed by atoms with E-state index in [0.717, 1.165) is 4.31 Å². The molecule has 20 heavy (non-hydrogen) atoms. The topological polar surface area (TPSA) is 49.4 Å². The molecule has 2 atom stereocenters. The van der Waals surface area contributed by atoms with Crippen molar-refractivity contribution in [2.24, 2.45) is 0 Å². The summed E-state index contributed by atoms with van der Waals surface area (Å²) in [6.45, 7) is 3.75. The van der Waals surface area contributed by atoms with Gasteiger partial charge >= 0.3 is 0 Å². The third-order valence-electron chi connectivity index (χ3n) is 3.08. The number of hydrogen-bond acceptors (Lipinski definition) is 3. The van der Waals surface area contributed by atoms with Crippen LogP contribution in [0.5, 0.6) is 0 Å². The maximum Gasteiger partial charge on any atom is 0.249 e. The first-order valence-corrected chi connectivity index (χ1v) is 7.56. The summed E-state index contributed by atoms with van der Waals surface area (Å²) in [4.78, 5) is -1.10. The number of benzene rings is 1. The maximum atomic E-state index is 13.7. The number of halogens is 3. The summed E-state index contributed by atoms with van der Waals surface area (Å²) in [5, 5.41) is 3.12. The van der Waals surface area contributed by atoms with Gasteiger partial charge in [0, 0.05) is 37.3 Å². The largest absolute Gasteiger partial charge is 0.309 e. The minimum absolute atomic E-state index is 0.100. The molecule has 1 aliphatic heterocycles. The molecule has 1 heterocycles. The quantitative estimate of drug-likeness (QED) is 0.900. The fraction of sp³-hybridized carbons (Fsp3) is 0.500. The van der Waals surface area contributed by atoms with Gasteiger partial charge in [0.1, 0.15) is 17.5 Å². The Hall–Kier alpha value is -1.12. The molecule has 0 aliphatic carbocycles. The first kappa shape index (κ1) is 15.3. The van der Waals surface area contributed by atoms with Crippen molar-refractivity contribution in [3.05, 3.63) is 29.6 Å². The first-order valence-electron chi connectivity index (χ1n) is 6.12. The smallest absolute Gasteiger partial charge is 0.249 e. The van der Waals surface area contributed by atoms with Gasteiger partial charge in [-0.25, -0.2) is 21.6 Å². The average Bonchev–Trinajstić information content (AvgIpc) is 2.25. The van der Waals surface area contributed by atoms with Crippen LogP contribution in [0.1, 0.15) is 13.8 Å². The Morgan fingerprint density at radius 1 is 1.10 bits per heavy atom. The Bertz CT molecular complexity index is 588. The predicted molar refractivity (Wildman–Crippen MR) is 67.1 cm³/mol. The van der Waals surface area contributed by atoms with Gasteiger partial charge in [-0.1, -0.05) is 0 Å². The molecule has 0 bridgehead atoms. The molecule has 0 unspecified atom stereocenters. The Kier molecular flexibility index (Phi) is 4.08. The fourth-order valence-electron chi connectivity index (χ4n) is 2.38. The highest BCUT2D eigenvalue weighted by molar-refractivity contribution is 7.89. The van der Waals surface area contributed by atoms with E-state index in [2.05, 4.69) is 5.32 Å². The van der Waals surface area contributed by atoms with Gasteiger partial charge in [0.15, 0.2) is 4.90 Å². The van der Waals surface area contributed by atoms with Crippen molar-refractivity contribution < 1.29 is 21.6 Å². The molecule has 112 valence electrons. The van der Waals surface area contributed by atoms with Crippen LogP contribution in [0.25, 0.3) is 0 Å². The maximum absolute atomic E-state index is 13.7. The van der Waals surface area contributed by atoms with Crippen LogP contribution in [0.3, 0.4) is 0 Å². The molecule has 2 rings (SSSR count). The summed E-state index contributed by atoms with van der Waals surface area (Å²) in [5.74, 6) is -3.98. The number of rotatable bonds is 2. The van der Waals surface area contributed by atoms with E-state index in [4.69, 9.17) is 0 Å². The lowest BCUT2D eigenvalue weighted by Gasteiger charge is -2.35. The van der Waals surface area contributed by atoms with Crippen molar-refractivity contribution in [3.63, 3.8) is 0 Å².